The number of rotatable bonds is 4. The summed E-state index contributed by atoms with van der Waals surface area (Å²) in [4.78, 5) is 2.41. The molecule has 1 saturated heterocycles. The molecule has 1 heterocycles. The fourth-order valence-corrected chi connectivity index (χ4v) is 2.45. The molecule has 1 aliphatic rings. The zero-order chi connectivity index (χ0) is 12.3. The van der Waals surface area contributed by atoms with Gasteiger partial charge in [0.25, 0.3) is 0 Å². The molecule has 1 fully saturated rings. The smallest absolute Gasteiger partial charge is 0.0702 e. The van der Waals surface area contributed by atoms with E-state index in [0.717, 1.165) is 31.7 Å². The number of hydrogen-bond acceptors (Lipinski definition) is 3. The van der Waals surface area contributed by atoms with E-state index in [9.17, 15) is 0 Å². The number of nitrogens with zero attached hydrogens (tertiary/aromatic N) is 1. The van der Waals surface area contributed by atoms with Gasteiger partial charge in [0.05, 0.1) is 6.10 Å². The quantitative estimate of drug-likeness (QED) is 0.809. The van der Waals surface area contributed by atoms with Crippen LogP contribution in [-0.4, -0.2) is 37.2 Å². The lowest BCUT2D eigenvalue weighted by Gasteiger charge is -2.26. The molecule has 2 rings (SSSR count). The Balaban J connectivity index is 1.83. The monoisotopic (exact) mass is 234 g/mol. The van der Waals surface area contributed by atoms with Crippen molar-refractivity contribution in [3.05, 3.63) is 29.8 Å². The van der Waals surface area contributed by atoms with Gasteiger partial charge < -0.3 is 15.4 Å². The molecule has 3 nitrogen and oxygen atoms in total. The van der Waals surface area contributed by atoms with Crippen molar-refractivity contribution in [2.24, 2.45) is 0 Å². The summed E-state index contributed by atoms with van der Waals surface area (Å²) in [5.41, 5.74) is 7.85. The van der Waals surface area contributed by atoms with Gasteiger partial charge >= 0.3 is 0 Å². The molecule has 2 atom stereocenters. The van der Waals surface area contributed by atoms with Crippen LogP contribution in [0.15, 0.2) is 24.3 Å². The SMILES string of the molecule is CC1OCCC1N(C)CCc1ccc(N)cc1. The molecule has 94 valence electrons. The summed E-state index contributed by atoms with van der Waals surface area (Å²) in [5, 5.41) is 0. The summed E-state index contributed by atoms with van der Waals surface area (Å²) in [5.74, 6) is 0. The molecule has 0 bridgehead atoms. The van der Waals surface area contributed by atoms with Crippen molar-refractivity contribution in [3.63, 3.8) is 0 Å². The highest BCUT2D eigenvalue weighted by atomic mass is 16.5. The van der Waals surface area contributed by atoms with Crippen molar-refractivity contribution in [2.75, 3.05) is 25.9 Å². The average molecular weight is 234 g/mol. The number of ether oxygens (including phenoxy) is 1. The summed E-state index contributed by atoms with van der Waals surface area (Å²) in [6, 6.07) is 8.73. The number of anilines is 1. The number of nitrogens with two attached hydrogens (primary N) is 1. The molecule has 0 aromatic heterocycles. The largest absolute Gasteiger partial charge is 0.399 e. The molecular weight excluding hydrogens is 212 g/mol. The van der Waals surface area contributed by atoms with Gasteiger partial charge in [0.15, 0.2) is 0 Å². The first-order chi connectivity index (χ1) is 8.16. The van der Waals surface area contributed by atoms with Gasteiger partial charge in [0.1, 0.15) is 0 Å². The molecular formula is C14H22N2O. The van der Waals surface area contributed by atoms with Crippen molar-refractivity contribution in [3.8, 4) is 0 Å². The predicted molar refractivity (Wildman–Crippen MR) is 71.0 cm³/mol. The Morgan fingerprint density at radius 3 is 2.65 bits per heavy atom. The molecule has 17 heavy (non-hydrogen) atoms. The van der Waals surface area contributed by atoms with Gasteiger partial charge in [-0.05, 0) is 44.5 Å². The number of nitrogen functional groups attached to an aromatic ring is 1. The summed E-state index contributed by atoms with van der Waals surface area (Å²) < 4.78 is 5.60. The van der Waals surface area contributed by atoms with Crippen LogP contribution in [0.2, 0.25) is 0 Å². The maximum atomic E-state index is 5.67. The third-order valence-electron chi connectivity index (χ3n) is 3.64. The van der Waals surface area contributed by atoms with E-state index in [0.29, 0.717) is 12.1 Å². The molecule has 1 aromatic carbocycles. The topological polar surface area (TPSA) is 38.5 Å². The molecule has 0 spiro atoms. The zero-order valence-electron chi connectivity index (χ0n) is 10.7. The number of likely N-dealkylation sites (N-methyl/N-ethyl adjacent to an activating group) is 1. The van der Waals surface area contributed by atoms with Crippen LogP contribution in [0.1, 0.15) is 18.9 Å². The second-order valence-corrected chi connectivity index (χ2v) is 4.90. The van der Waals surface area contributed by atoms with Gasteiger partial charge in [-0.1, -0.05) is 12.1 Å². The van der Waals surface area contributed by atoms with Crippen LogP contribution >= 0.6 is 0 Å². The van der Waals surface area contributed by atoms with Gasteiger partial charge in [0.2, 0.25) is 0 Å². The van der Waals surface area contributed by atoms with Crippen molar-refractivity contribution in [1.29, 1.82) is 0 Å². The first-order valence-electron chi connectivity index (χ1n) is 6.33. The highest BCUT2D eigenvalue weighted by Crippen LogP contribution is 2.18. The minimum Gasteiger partial charge on any atom is -0.399 e. The van der Waals surface area contributed by atoms with Gasteiger partial charge in [-0.3, -0.25) is 0 Å². The number of hydrogen-bond donors (Lipinski definition) is 1. The van der Waals surface area contributed by atoms with Crippen LogP contribution < -0.4 is 5.73 Å². The second kappa shape index (κ2) is 5.52. The molecule has 1 aromatic rings. The molecule has 0 radical (unpaired) electrons. The fraction of sp³-hybridized carbons (Fsp3) is 0.571. The Kier molecular flexibility index (Phi) is 4.02. The maximum Gasteiger partial charge on any atom is 0.0702 e. The predicted octanol–water partition coefficient (Wildman–Crippen LogP) is 1.92. The average Bonchev–Trinajstić information content (AvgIpc) is 2.74. The normalized spacial score (nSPS) is 24.4. The maximum absolute atomic E-state index is 5.67. The van der Waals surface area contributed by atoms with Crippen molar-refractivity contribution in [2.45, 2.75) is 31.9 Å². The van der Waals surface area contributed by atoms with Crippen LogP contribution in [0, 0.1) is 0 Å². The molecule has 1 aliphatic heterocycles. The lowest BCUT2D eigenvalue weighted by Crippen LogP contribution is -2.37. The zero-order valence-corrected chi connectivity index (χ0v) is 10.7. The van der Waals surface area contributed by atoms with Crippen molar-refractivity contribution >= 4 is 5.69 Å². The highest BCUT2D eigenvalue weighted by Gasteiger charge is 2.27. The van der Waals surface area contributed by atoms with Gasteiger partial charge in [-0.25, -0.2) is 0 Å². The van der Waals surface area contributed by atoms with Gasteiger partial charge in [-0.2, -0.15) is 0 Å². The lowest BCUT2D eigenvalue weighted by molar-refractivity contribution is 0.0841. The fourth-order valence-electron chi connectivity index (χ4n) is 2.45. The number of benzene rings is 1. The van der Waals surface area contributed by atoms with E-state index in [-0.39, 0.29) is 0 Å². The molecule has 0 amide bonds. The molecule has 2 N–H and O–H groups in total. The van der Waals surface area contributed by atoms with E-state index in [4.69, 9.17) is 10.5 Å². The molecule has 0 saturated carbocycles. The second-order valence-electron chi connectivity index (χ2n) is 4.90. The third-order valence-corrected chi connectivity index (χ3v) is 3.64. The minimum absolute atomic E-state index is 0.367. The van der Waals surface area contributed by atoms with Crippen LogP contribution in [0.25, 0.3) is 0 Å². The molecule has 0 aliphatic carbocycles. The summed E-state index contributed by atoms with van der Waals surface area (Å²) in [7, 11) is 2.19. The van der Waals surface area contributed by atoms with Crippen LogP contribution in [0.4, 0.5) is 5.69 Å². The first kappa shape index (κ1) is 12.4. The molecule has 2 unspecified atom stereocenters. The van der Waals surface area contributed by atoms with E-state index < -0.39 is 0 Å². The Morgan fingerprint density at radius 1 is 1.35 bits per heavy atom. The summed E-state index contributed by atoms with van der Waals surface area (Å²) >= 11 is 0. The Bertz CT molecular complexity index is 350. The third kappa shape index (κ3) is 3.20. The van der Waals surface area contributed by atoms with Crippen molar-refractivity contribution < 1.29 is 4.74 Å². The van der Waals surface area contributed by atoms with E-state index in [2.05, 4.69) is 31.0 Å². The van der Waals surface area contributed by atoms with Crippen LogP contribution in [-0.2, 0) is 11.2 Å². The highest BCUT2D eigenvalue weighted by molar-refractivity contribution is 5.39. The van der Waals surface area contributed by atoms with Crippen LogP contribution in [0.5, 0.6) is 0 Å². The Hall–Kier alpha value is -1.06. The summed E-state index contributed by atoms with van der Waals surface area (Å²) in [6.07, 6.45) is 2.59. The van der Waals surface area contributed by atoms with Crippen molar-refractivity contribution in [1.82, 2.24) is 4.90 Å². The van der Waals surface area contributed by atoms with E-state index in [1.165, 1.54) is 5.56 Å². The van der Waals surface area contributed by atoms with E-state index >= 15 is 0 Å². The Labute approximate surface area is 104 Å². The summed E-state index contributed by atoms with van der Waals surface area (Å²) in [6.45, 7) is 4.14. The van der Waals surface area contributed by atoms with Crippen LogP contribution in [0.3, 0.4) is 0 Å². The van der Waals surface area contributed by atoms with E-state index in [1.54, 1.807) is 0 Å². The minimum atomic E-state index is 0.367. The Morgan fingerprint density at radius 2 is 2.06 bits per heavy atom. The first-order valence-corrected chi connectivity index (χ1v) is 6.33. The lowest BCUT2D eigenvalue weighted by atomic mass is 10.1. The van der Waals surface area contributed by atoms with Gasteiger partial charge in [-0.15, -0.1) is 0 Å². The van der Waals surface area contributed by atoms with E-state index in [1.807, 2.05) is 12.1 Å². The van der Waals surface area contributed by atoms with Gasteiger partial charge in [0, 0.05) is 24.9 Å². The molecule has 3 heteroatoms. The standard InChI is InChI=1S/C14H22N2O/c1-11-14(8-10-17-11)16(2)9-7-12-3-5-13(15)6-4-12/h3-6,11,14H,7-10,15H2,1-2H3.